The molecular formula is C19H11F5N2O2. The molecular weight excluding hydrogens is 383 g/mol. The summed E-state index contributed by atoms with van der Waals surface area (Å²) in [6, 6.07) is 7.93. The molecule has 0 saturated carbocycles. The summed E-state index contributed by atoms with van der Waals surface area (Å²) < 4.78 is 72.3. The van der Waals surface area contributed by atoms with E-state index in [2.05, 4.69) is 5.10 Å². The molecule has 0 aliphatic heterocycles. The van der Waals surface area contributed by atoms with Gasteiger partial charge in [-0.3, -0.25) is 4.68 Å². The third kappa shape index (κ3) is 2.88. The zero-order chi connectivity index (χ0) is 20.2. The van der Waals surface area contributed by atoms with Gasteiger partial charge in [0.1, 0.15) is 28.7 Å². The van der Waals surface area contributed by atoms with E-state index in [0.717, 1.165) is 16.8 Å². The van der Waals surface area contributed by atoms with Crippen molar-refractivity contribution in [1.82, 2.24) is 9.78 Å². The van der Waals surface area contributed by atoms with Gasteiger partial charge in [0.2, 0.25) is 0 Å². The number of rotatable bonds is 2. The highest BCUT2D eigenvalue weighted by molar-refractivity contribution is 5.94. The van der Waals surface area contributed by atoms with Crippen molar-refractivity contribution in [2.75, 3.05) is 0 Å². The van der Waals surface area contributed by atoms with Gasteiger partial charge in [-0.1, -0.05) is 0 Å². The molecule has 0 spiro atoms. The number of furan rings is 1. The molecule has 1 N–H and O–H groups in total. The van der Waals surface area contributed by atoms with E-state index in [0.29, 0.717) is 6.07 Å². The van der Waals surface area contributed by atoms with Crippen molar-refractivity contribution in [3.8, 4) is 28.3 Å². The molecule has 4 rings (SSSR count). The number of aromatic nitrogens is 2. The van der Waals surface area contributed by atoms with Gasteiger partial charge in [0.05, 0.1) is 16.6 Å². The Morgan fingerprint density at radius 1 is 1.00 bits per heavy atom. The third-order valence-electron chi connectivity index (χ3n) is 4.32. The number of aromatic hydroxyl groups is 1. The largest absolute Gasteiger partial charge is 0.506 e. The van der Waals surface area contributed by atoms with Crippen LogP contribution >= 0.6 is 0 Å². The van der Waals surface area contributed by atoms with E-state index >= 15 is 0 Å². The number of hydrogen-bond acceptors (Lipinski definition) is 3. The number of fused-ring (bicyclic) bond motifs is 1. The van der Waals surface area contributed by atoms with Crippen molar-refractivity contribution in [2.45, 2.75) is 6.18 Å². The summed E-state index contributed by atoms with van der Waals surface area (Å²) in [5.74, 6) is -1.90. The number of nitrogens with zero attached hydrogens (tertiary/aromatic N) is 2. The van der Waals surface area contributed by atoms with E-state index in [-0.39, 0.29) is 39.3 Å². The number of phenols is 1. The summed E-state index contributed by atoms with van der Waals surface area (Å²) in [4.78, 5) is 0. The minimum absolute atomic E-state index is 0.0153. The first-order valence-corrected chi connectivity index (χ1v) is 7.97. The summed E-state index contributed by atoms with van der Waals surface area (Å²) >= 11 is 0. The van der Waals surface area contributed by atoms with Crippen molar-refractivity contribution >= 4 is 11.0 Å². The summed E-state index contributed by atoms with van der Waals surface area (Å²) in [5, 5.41) is 14.2. The molecule has 0 radical (unpaired) electrons. The maximum atomic E-state index is 14.0. The van der Waals surface area contributed by atoms with Gasteiger partial charge in [-0.2, -0.15) is 18.3 Å². The van der Waals surface area contributed by atoms with Crippen molar-refractivity contribution in [2.24, 2.45) is 7.05 Å². The van der Waals surface area contributed by atoms with Crippen LogP contribution in [-0.2, 0) is 13.2 Å². The summed E-state index contributed by atoms with van der Waals surface area (Å²) in [7, 11) is 1.32. The van der Waals surface area contributed by atoms with E-state index in [1.165, 1.54) is 31.3 Å². The van der Waals surface area contributed by atoms with Gasteiger partial charge < -0.3 is 9.52 Å². The van der Waals surface area contributed by atoms with E-state index in [1.807, 2.05) is 0 Å². The standard InChI is InChI=1S/C19H11F5N2O2/c1-26-14(8-17(25-26)19(22,23)24)11-4-5-15-12(18(11)27)7-16(28-15)10-3-2-9(20)6-13(10)21/h2-8,27H,1H3. The van der Waals surface area contributed by atoms with E-state index < -0.39 is 23.5 Å². The van der Waals surface area contributed by atoms with Crippen LogP contribution in [0.1, 0.15) is 5.69 Å². The summed E-state index contributed by atoms with van der Waals surface area (Å²) in [6.07, 6.45) is -4.63. The smallest absolute Gasteiger partial charge is 0.435 e. The molecule has 0 bridgehead atoms. The molecule has 0 unspecified atom stereocenters. The van der Waals surface area contributed by atoms with Gasteiger partial charge in [0.25, 0.3) is 0 Å². The lowest BCUT2D eigenvalue weighted by atomic mass is 10.1. The number of benzene rings is 2. The average molecular weight is 394 g/mol. The zero-order valence-electron chi connectivity index (χ0n) is 14.2. The van der Waals surface area contributed by atoms with Crippen molar-refractivity contribution < 1.29 is 31.5 Å². The number of aryl methyl sites for hydroxylation is 1. The molecule has 28 heavy (non-hydrogen) atoms. The van der Waals surface area contributed by atoms with Gasteiger partial charge >= 0.3 is 6.18 Å². The van der Waals surface area contributed by atoms with Crippen LogP contribution in [0.15, 0.2) is 46.9 Å². The van der Waals surface area contributed by atoms with Gasteiger partial charge in [-0.25, -0.2) is 8.78 Å². The molecule has 2 aromatic heterocycles. The Bertz CT molecular complexity index is 1210. The predicted octanol–water partition coefficient (Wildman–Crippen LogP) is 5.50. The van der Waals surface area contributed by atoms with Crippen LogP contribution in [0.3, 0.4) is 0 Å². The molecule has 0 saturated heterocycles. The Hall–Kier alpha value is -3.36. The monoisotopic (exact) mass is 394 g/mol. The molecule has 9 heteroatoms. The topological polar surface area (TPSA) is 51.2 Å². The molecule has 4 nitrogen and oxygen atoms in total. The Kier molecular flexibility index (Phi) is 3.91. The van der Waals surface area contributed by atoms with Gasteiger partial charge in [0.15, 0.2) is 5.69 Å². The average Bonchev–Trinajstić information content (AvgIpc) is 3.19. The van der Waals surface area contributed by atoms with Crippen LogP contribution in [0, 0.1) is 11.6 Å². The maximum absolute atomic E-state index is 14.0. The van der Waals surface area contributed by atoms with Crippen molar-refractivity contribution in [3.05, 3.63) is 59.8 Å². The Morgan fingerprint density at radius 2 is 1.71 bits per heavy atom. The molecule has 4 aromatic rings. The molecule has 2 aromatic carbocycles. The molecule has 2 heterocycles. The highest BCUT2D eigenvalue weighted by Gasteiger charge is 2.35. The van der Waals surface area contributed by atoms with Crippen LogP contribution in [0.4, 0.5) is 22.0 Å². The molecule has 0 amide bonds. The number of halogens is 5. The van der Waals surface area contributed by atoms with Crippen LogP contribution in [0.2, 0.25) is 0 Å². The molecule has 144 valence electrons. The minimum Gasteiger partial charge on any atom is -0.506 e. The molecule has 0 atom stereocenters. The van der Waals surface area contributed by atoms with E-state index in [4.69, 9.17) is 4.42 Å². The number of phenolic OH excluding ortho intramolecular Hbond substituents is 1. The first-order valence-electron chi connectivity index (χ1n) is 7.97. The second-order valence-corrected chi connectivity index (χ2v) is 6.14. The fourth-order valence-corrected chi connectivity index (χ4v) is 2.98. The quantitative estimate of drug-likeness (QED) is 0.457. The highest BCUT2D eigenvalue weighted by atomic mass is 19.4. The van der Waals surface area contributed by atoms with Crippen LogP contribution in [-0.4, -0.2) is 14.9 Å². The summed E-state index contributed by atoms with van der Waals surface area (Å²) in [6.45, 7) is 0. The number of alkyl halides is 3. The molecule has 0 aliphatic rings. The van der Waals surface area contributed by atoms with Gasteiger partial charge in [-0.05, 0) is 36.4 Å². The van der Waals surface area contributed by atoms with Gasteiger partial charge in [0, 0.05) is 18.7 Å². The Balaban J connectivity index is 1.85. The first kappa shape index (κ1) is 18.0. The maximum Gasteiger partial charge on any atom is 0.435 e. The lowest BCUT2D eigenvalue weighted by Crippen LogP contribution is -2.06. The third-order valence-corrected chi connectivity index (χ3v) is 4.32. The number of hydrogen-bond donors (Lipinski definition) is 1. The molecule has 0 fully saturated rings. The highest BCUT2D eigenvalue weighted by Crippen LogP contribution is 2.41. The van der Waals surface area contributed by atoms with E-state index in [1.54, 1.807) is 0 Å². The van der Waals surface area contributed by atoms with Crippen molar-refractivity contribution in [1.29, 1.82) is 0 Å². The van der Waals surface area contributed by atoms with E-state index in [9.17, 15) is 27.1 Å². The lowest BCUT2D eigenvalue weighted by molar-refractivity contribution is -0.141. The SMILES string of the molecule is Cn1nc(C(F)(F)F)cc1-c1ccc2oc(-c3ccc(F)cc3F)cc2c1O. The zero-order valence-corrected chi connectivity index (χ0v) is 14.2. The van der Waals surface area contributed by atoms with Crippen molar-refractivity contribution in [3.63, 3.8) is 0 Å². The second-order valence-electron chi connectivity index (χ2n) is 6.14. The Morgan fingerprint density at radius 3 is 2.36 bits per heavy atom. The normalized spacial score (nSPS) is 12.1. The second kappa shape index (κ2) is 6.08. The first-order chi connectivity index (χ1) is 13.1. The van der Waals surface area contributed by atoms with Gasteiger partial charge in [-0.15, -0.1) is 0 Å². The predicted molar refractivity (Wildman–Crippen MR) is 90.4 cm³/mol. The fraction of sp³-hybridized carbons (Fsp3) is 0.105. The lowest BCUT2D eigenvalue weighted by Gasteiger charge is -2.05. The molecule has 0 aliphatic carbocycles. The minimum atomic E-state index is -4.63. The van der Waals surface area contributed by atoms with Crippen LogP contribution in [0.5, 0.6) is 5.75 Å². The Labute approximate surface area is 154 Å². The summed E-state index contributed by atoms with van der Waals surface area (Å²) in [5.41, 5.74) is -0.769. The van der Waals surface area contributed by atoms with Crippen LogP contribution in [0.25, 0.3) is 33.6 Å². The fourth-order valence-electron chi connectivity index (χ4n) is 2.98. The van der Waals surface area contributed by atoms with Crippen LogP contribution < -0.4 is 0 Å².